The number of halogens is 1. The zero-order valence-electron chi connectivity index (χ0n) is 8.04. The van der Waals surface area contributed by atoms with Crippen LogP contribution in [0.5, 0.6) is 5.75 Å². The number of phenolic OH excluding ortho intramolecular Hbond substituents is 1. The predicted octanol–water partition coefficient (Wildman–Crippen LogP) is 1.99. The number of carbonyl (C=O) groups is 1. The van der Waals surface area contributed by atoms with E-state index in [0.717, 1.165) is 0 Å². The van der Waals surface area contributed by atoms with Crippen LogP contribution in [0.3, 0.4) is 0 Å². The molecule has 0 fully saturated rings. The molecule has 3 N–H and O–H groups in total. The van der Waals surface area contributed by atoms with Gasteiger partial charge >= 0.3 is 0 Å². The molecule has 1 aromatic rings. The van der Waals surface area contributed by atoms with Crippen molar-refractivity contribution >= 4 is 21.7 Å². The minimum absolute atomic E-state index is 0.122. The van der Waals surface area contributed by atoms with Gasteiger partial charge in [-0.3, -0.25) is 4.79 Å². The molecule has 1 unspecified atom stereocenters. The monoisotopic (exact) mass is 257 g/mol. The summed E-state index contributed by atoms with van der Waals surface area (Å²) in [4.78, 5) is 11.6. The van der Waals surface area contributed by atoms with Gasteiger partial charge in [-0.05, 0) is 47.5 Å². The summed E-state index contributed by atoms with van der Waals surface area (Å²) in [6.45, 7) is 3.40. The average molecular weight is 258 g/mol. The van der Waals surface area contributed by atoms with Gasteiger partial charge in [0.05, 0.1) is 10.5 Å². The summed E-state index contributed by atoms with van der Waals surface area (Å²) in [6.07, 6.45) is 0. The van der Waals surface area contributed by atoms with Gasteiger partial charge in [-0.15, -0.1) is 0 Å². The molecule has 0 heterocycles. The third kappa shape index (κ3) is 1.96. The van der Waals surface area contributed by atoms with Crippen molar-refractivity contribution in [2.24, 2.45) is 5.73 Å². The molecule has 0 saturated carbocycles. The molecule has 1 rings (SSSR count). The lowest BCUT2D eigenvalue weighted by Crippen LogP contribution is -2.27. The quantitative estimate of drug-likeness (QED) is 0.797. The molecule has 0 aromatic heterocycles. The summed E-state index contributed by atoms with van der Waals surface area (Å²) < 4.78 is 0.545. The second-order valence-electron chi connectivity index (χ2n) is 3.22. The van der Waals surface area contributed by atoms with E-state index in [1.807, 2.05) is 0 Å². The summed E-state index contributed by atoms with van der Waals surface area (Å²) in [7, 11) is 0. The van der Waals surface area contributed by atoms with Crippen LogP contribution in [0.15, 0.2) is 16.6 Å². The topological polar surface area (TPSA) is 63.3 Å². The molecule has 0 aliphatic rings. The molecule has 76 valence electrons. The van der Waals surface area contributed by atoms with Gasteiger partial charge in [0.25, 0.3) is 0 Å². The Hall–Kier alpha value is -0.870. The largest absolute Gasteiger partial charge is 0.507 e. The highest BCUT2D eigenvalue weighted by atomic mass is 79.9. The van der Waals surface area contributed by atoms with Crippen molar-refractivity contribution in [2.45, 2.75) is 19.9 Å². The molecule has 0 bridgehead atoms. The molecule has 1 aromatic carbocycles. The molecule has 4 heteroatoms. The second kappa shape index (κ2) is 4.11. The van der Waals surface area contributed by atoms with E-state index in [1.165, 1.54) is 6.07 Å². The molecule has 0 saturated heterocycles. The zero-order chi connectivity index (χ0) is 10.9. The van der Waals surface area contributed by atoms with E-state index in [0.29, 0.717) is 15.6 Å². The van der Waals surface area contributed by atoms with Crippen LogP contribution < -0.4 is 5.73 Å². The minimum Gasteiger partial charge on any atom is -0.507 e. The first-order valence-electron chi connectivity index (χ1n) is 4.23. The van der Waals surface area contributed by atoms with Gasteiger partial charge in [-0.25, -0.2) is 0 Å². The average Bonchev–Trinajstić information content (AvgIpc) is 2.13. The first-order valence-corrected chi connectivity index (χ1v) is 5.02. The van der Waals surface area contributed by atoms with Gasteiger partial charge in [0.2, 0.25) is 0 Å². The Morgan fingerprint density at radius 3 is 2.64 bits per heavy atom. The summed E-state index contributed by atoms with van der Waals surface area (Å²) in [5, 5.41) is 9.36. The van der Waals surface area contributed by atoms with Crippen LogP contribution >= 0.6 is 15.9 Å². The molecular weight excluding hydrogens is 246 g/mol. The van der Waals surface area contributed by atoms with Gasteiger partial charge < -0.3 is 10.8 Å². The van der Waals surface area contributed by atoms with Crippen LogP contribution in [0.2, 0.25) is 0 Å². The van der Waals surface area contributed by atoms with Gasteiger partial charge in [-0.1, -0.05) is 0 Å². The Morgan fingerprint density at radius 2 is 2.14 bits per heavy atom. The first kappa shape index (κ1) is 11.2. The Kier molecular flexibility index (Phi) is 3.29. The molecule has 14 heavy (non-hydrogen) atoms. The van der Waals surface area contributed by atoms with E-state index < -0.39 is 6.04 Å². The minimum atomic E-state index is -0.523. The summed E-state index contributed by atoms with van der Waals surface area (Å²) in [5.41, 5.74) is 6.76. The highest BCUT2D eigenvalue weighted by Gasteiger charge is 2.16. The highest BCUT2D eigenvalue weighted by Crippen LogP contribution is 2.29. The van der Waals surface area contributed by atoms with Gasteiger partial charge in [0.15, 0.2) is 5.78 Å². The third-order valence-electron chi connectivity index (χ3n) is 2.05. The van der Waals surface area contributed by atoms with Crippen LogP contribution in [-0.4, -0.2) is 16.9 Å². The molecule has 3 nitrogen and oxygen atoms in total. The highest BCUT2D eigenvalue weighted by molar-refractivity contribution is 9.10. The number of aromatic hydroxyl groups is 1. The number of hydrogen-bond acceptors (Lipinski definition) is 3. The van der Waals surface area contributed by atoms with E-state index in [-0.39, 0.29) is 11.5 Å². The maximum absolute atomic E-state index is 11.6. The number of phenols is 1. The molecule has 0 radical (unpaired) electrons. The molecule has 0 amide bonds. The van der Waals surface area contributed by atoms with Crippen molar-refractivity contribution in [3.8, 4) is 5.75 Å². The number of benzene rings is 1. The first-order chi connectivity index (χ1) is 6.45. The van der Waals surface area contributed by atoms with Crippen LogP contribution in [-0.2, 0) is 0 Å². The SMILES string of the molecule is Cc1c(C(=O)C(C)N)ccc(O)c1Br. The Bertz CT molecular complexity index is 375. The van der Waals surface area contributed by atoms with Crippen LogP contribution in [0.1, 0.15) is 22.8 Å². The number of Topliss-reactive ketones (excluding diaryl/α,β-unsaturated/α-hetero) is 1. The number of rotatable bonds is 2. The maximum atomic E-state index is 11.6. The summed E-state index contributed by atoms with van der Waals surface area (Å²) in [5.74, 6) is 0.00641. The van der Waals surface area contributed by atoms with Crippen LogP contribution in [0, 0.1) is 6.92 Å². The Balaban J connectivity index is 3.24. The Labute approximate surface area is 91.1 Å². The van der Waals surface area contributed by atoms with Gasteiger partial charge in [-0.2, -0.15) is 0 Å². The number of nitrogens with two attached hydrogens (primary N) is 1. The van der Waals surface area contributed by atoms with Gasteiger partial charge in [0.1, 0.15) is 5.75 Å². The second-order valence-corrected chi connectivity index (χ2v) is 4.02. The standard InChI is InChI=1S/C10H12BrNO2/c1-5-7(10(14)6(2)12)3-4-8(13)9(5)11/h3-4,6,13H,12H2,1-2H3. The fourth-order valence-electron chi connectivity index (χ4n) is 1.18. The zero-order valence-corrected chi connectivity index (χ0v) is 9.63. The van der Waals surface area contributed by atoms with Crippen molar-refractivity contribution in [3.05, 3.63) is 27.7 Å². The molecular formula is C10H12BrNO2. The van der Waals surface area contributed by atoms with E-state index in [9.17, 15) is 9.90 Å². The normalized spacial score (nSPS) is 12.6. The van der Waals surface area contributed by atoms with Gasteiger partial charge in [0, 0.05) is 5.56 Å². The van der Waals surface area contributed by atoms with E-state index in [1.54, 1.807) is 19.9 Å². The van der Waals surface area contributed by atoms with Crippen LogP contribution in [0.25, 0.3) is 0 Å². The summed E-state index contributed by atoms with van der Waals surface area (Å²) >= 11 is 3.20. The molecule has 1 atom stereocenters. The van der Waals surface area contributed by atoms with Crippen molar-refractivity contribution in [2.75, 3.05) is 0 Å². The fraction of sp³-hybridized carbons (Fsp3) is 0.300. The van der Waals surface area contributed by atoms with Crippen molar-refractivity contribution in [1.82, 2.24) is 0 Å². The lowest BCUT2D eigenvalue weighted by atomic mass is 10.0. The number of carbonyl (C=O) groups excluding carboxylic acids is 1. The predicted molar refractivity (Wildman–Crippen MR) is 58.5 cm³/mol. The lowest BCUT2D eigenvalue weighted by Gasteiger charge is -2.10. The van der Waals surface area contributed by atoms with E-state index in [2.05, 4.69) is 15.9 Å². The number of hydrogen-bond donors (Lipinski definition) is 2. The van der Waals surface area contributed by atoms with E-state index >= 15 is 0 Å². The lowest BCUT2D eigenvalue weighted by molar-refractivity contribution is 0.0967. The van der Waals surface area contributed by atoms with Crippen LogP contribution in [0.4, 0.5) is 0 Å². The third-order valence-corrected chi connectivity index (χ3v) is 3.05. The smallest absolute Gasteiger partial charge is 0.179 e. The fourth-order valence-corrected chi connectivity index (χ4v) is 1.53. The Morgan fingerprint density at radius 1 is 1.57 bits per heavy atom. The molecule has 0 aliphatic carbocycles. The van der Waals surface area contributed by atoms with Crippen molar-refractivity contribution in [1.29, 1.82) is 0 Å². The molecule has 0 aliphatic heterocycles. The number of ketones is 1. The van der Waals surface area contributed by atoms with Crippen molar-refractivity contribution < 1.29 is 9.90 Å². The molecule has 0 spiro atoms. The van der Waals surface area contributed by atoms with E-state index in [4.69, 9.17) is 5.73 Å². The van der Waals surface area contributed by atoms with Crippen molar-refractivity contribution in [3.63, 3.8) is 0 Å². The summed E-state index contributed by atoms with van der Waals surface area (Å²) in [6, 6.07) is 2.54. The maximum Gasteiger partial charge on any atom is 0.179 e.